The molecule has 0 fully saturated rings. The standard InChI is InChI=1S/C14H20N2/c1-13(9-5-7-11-15-3)14(2)10-6-8-12-16-4/h5-12H,1-4H3/b7-5-,8-6-,13-9+,14-10+,15-11?,16-12?. The quantitative estimate of drug-likeness (QED) is 0.497. The Kier molecular flexibility index (Phi) is 8.79. The molecule has 2 heteroatoms. The summed E-state index contributed by atoms with van der Waals surface area (Å²) in [5, 5.41) is 0. The van der Waals surface area contributed by atoms with Crippen LogP contribution in [0.15, 0.2) is 57.6 Å². The molecule has 0 aliphatic heterocycles. The van der Waals surface area contributed by atoms with Crippen LogP contribution in [0.4, 0.5) is 0 Å². The Hall–Kier alpha value is -1.70. The molecule has 0 rings (SSSR count). The van der Waals surface area contributed by atoms with E-state index in [4.69, 9.17) is 0 Å². The van der Waals surface area contributed by atoms with Crippen molar-refractivity contribution < 1.29 is 0 Å². The topological polar surface area (TPSA) is 24.7 Å². The Morgan fingerprint density at radius 2 is 1.06 bits per heavy atom. The van der Waals surface area contributed by atoms with Crippen molar-refractivity contribution in [3.8, 4) is 0 Å². The Morgan fingerprint density at radius 3 is 1.38 bits per heavy atom. The van der Waals surface area contributed by atoms with Crippen LogP contribution in [0.2, 0.25) is 0 Å². The molecule has 0 unspecified atom stereocenters. The number of rotatable bonds is 5. The third-order valence-electron chi connectivity index (χ3n) is 2.01. The van der Waals surface area contributed by atoms with Crippen LogP contribution in [0.5, 0.6) is 0 Å². The predicted octanol–water partition coefficient (Wildman–Crippen LogP) is 3.39. The molecule has 0 spiro atoms. The second-order valence-electron chi connectivity index (χ2n) is 3.28. The molecule has 0 aliphatic rings. The zero-order chi connectivity index (χ0) is 12.2. The maximum Gasteiger partial charge on any atom is 0.0277 e. The number of hydrogen-bond donors (Lipinski definition) is 0. The molecule has 0 aliphatic carbocycles. The van der Waals surface area contributed by atoms with Gasteiger partial charge in [0, 0.05) is 26.5 Å². The van der Waals surface area contributed by atoms with Gasteiger partial charge in [0.05, 0.1) is 0 Å². The predicted molar refractivity (Wildman–Crippen MR) is 74.6 cm³/mol. The van der Waals surface area contributed by atoms with Gasteiger partial charge >= 0.3 is 0 Å². The van der Waals surface area contributed by atoms with Crippen LogP contribution in [-0.4, -0.2) is 26.5 Å². The Labute approximate surface area is 98.5 Å². The van der Waals surface area contributed by atoms with Gasteiger partial charge in [-0.15, -0.1) is 0 Å². The molecule has 0 radical (unpaired) electrons. The maximum atomic E-state index is 3.87. The van der Waals surface area contributed by atoms with Crippen LogP contribution in [-0.2, 0) is 0 Å². The molecule has 0 atom stereocenters. The van der Waals surface area contributed by atoms with Crippen LogP contribution in [0.3, 0.4) is 0 Å². The summed E-state index contributed by atoms with van der Waals surface area (Å²) < 4.78 is 0. The third kappa shape index (κ3) is 7.68. The fraction of sp³-hybridized carbons (Fsp3) is 0.286. The van der Waals surface area contributed by atoms with Crippen molar-refractivity contribution in [2.45, 2.75) is 13.8 Å². The van der Waals surface area contributed by atoms with Crippen LogP contribution in [0.1, 0.15) is 13.8 Å². The first-order valence-electron chi connectivity index (χ1n) is 5.24. The van der Waals surface area contributed by atoms with E-state index in [0.717, 1.165) is 0 Å². The van der Waals surface area contributed by atoms with E-state index >= 15 is 0 Å². The maximum absolute atomic E-state index is 3.87. The summed E-state index contributed by atoms with van der Waals surface area (Å²) in [6.07, 6.45) is 15.5. The van der Waals surface area contributed by atoms with Crippen molar-refractivity contribution in [3.05, 3.63) is 47.6 Å². The summed E-state index contributed by atoms with van der Waals surface area (Å²) in [7, 11) is 3.51. The van der Waals surface area contributed by atoms with Crippen molar-refractivity contribution >= 4 is 12.4 Å². The molecule has 0 aromatic rings. The fourth-order valence-corrected chi connectivity index (χ4v) is 0.934. The Morgan fingerprint density at radius 1 is 0.688 bits per heavy atom. The molecule has 0 saturated carbocycles. The lowest BCUT2D eigenvalue weighted by atomic mass is 10.1. The summed E-state index contributed by atoms with van der Waals surface area (Å²) in [5.74, 6) is 0. The normalized spacial score (nSPS) is 15.2. The van der Waals surface area contributed by atoms with Gasteiger partial charge in [0.15, 0.2) is 0 Å². The Bertz CT molecular complexity index is 317. The molecule has 16 heavy (non-hydrogen) atoms. The molecule has 0 aromatic heterocycles. The largest absolute Gasteiger partial charge is 0.297 e. The smallest absolute Gasteiger partial charge is 0.0277 e. The van der Waals surface area contributed by atoms with Gasteiger partial charge in [0.1, 0.15) is 0 Å². The molecule has 2 nitrogen and oxygen atoms in total. The summed E-state index contributed by atoms with van der Waals surface area (Å²) in [5.41, 5.74) is 2.47. The van der Waals surface area contributed by atoms with Gasteiger partial charge in [-0.2, -0.15) is 0 Å². The molecule has 0 heterocycles. The fourth-order valence-electron chi connectivity index (χ4n) is 0.934. The molecule has 0 aromatic carbocycles. The first-order chi connectivity index (χ1) is 7.72. The number of aliphatic imine (C=N–C) groups is 2. The molecule has 0 saturated heterocycles. The number of nitrogens with zero attached hydrogens (tertiary/aromatic N) is 2. The van der Waals surface area contributed by atoms with E-state index < -0.39 is 0 Å². The van der Waals surface area contributed by atoms with Crippen molar-refractivity contribution in [2.24, 2.45) is 9.98 Å². The molecular formula is C14H20N2. The van der Waals surface area contributed by atoms with Gasteiger partial charge in [-0.3, -0.25) is 9.98 Å². The van der Waals surface area contributed by atoms with E-state index in [1.807, 2.05) is 24.3 Å². The van der Waals surface area contributed by atoms with Crippen molar-refractivity contribution in [2.75, 3.05) is 14.1 Å². The van der Waals surface area contributed by atoms with E-state index in [2.05, 4.69) is 36.0 Å². The number of hydrogen-bond acceptors (Lipinski definition) is 2. The molecule has 0 amide bonds. The van der Waals surface area contributed by atoms with E-state index in [9.17, 15) is 0 Å². The average Bonchev–Trinajstić information content (AvgIpc) is 2.29. The summed E-state index contributed by atoms with van der Waals surface area (Å²) in [6.45, 7) is 4.17. The van der Waals surface area contributed by atoms with E-state index in [1.165, 1.54) is 11.1 Å². The minimum Gasteiger partial charge on any atom is -0.297 e. The monoisotopic (exact) mass is 216 g/mol. The minimum absolute atomic E-state index is 1.24. The van der Waals surface area contributed by atoms with Crippen molar-refractivity contribution in [1.29, 1.82) is 0 Å². The van der Waals surface area contributed by atoms with Gasteiger partial charge in [-0.1, -0.05) is 24.3 Å². The van der Waals surface area contributed by atoms with Gasteiger partial charge in [-0.05, 0) is 37.1 Å². The SMILES string of the molecule is CN=C\C=C/C=C(C)/C(C)=C/C=C\C=NC. The second-order valence-corrected chi connectivity index (χ2v) is 3.28. The van der Waals surface area contributed by atoms with Gasteiger partial charge < -0.3 is 0 Å². The van der Waals surface area contributed by atoms with Crippen LogP contribution in [0, 0.1) is 0 Å². The third-order valence-corrected chi connectivity index (χ3v) is 2.01. The highest BCUT2D eigenvalue weighted by atomic mass is 14.6. The van der Waals surface area contributed by atoms with Gasteiger partial charge in [0.25, 0.3) is 0 Å². The summed E-state index contributed by atoms with van der Waals surface area (Å²) in [4.78, 5) is 7.73. The highest BCUT2D eigenvalue weighted by Gasteiger charge is 1.87. The number of allylic oxidation sites excluding steroid dienone is 8. The van der Waals surface area contributed by atoms with E-state index in [1.54, 1.807) is 26.5 Å². The zero-order valence-corrected chi connectivity index (χ0v) is 10.5. The summed E-state index contributed by atoms with van der Waals surface area (Å²) >= 11 is 0. The second kappa shape index (κ2) is 9.84. The lowest BCUT2D eigenvalue weighted by Gasteiger charge is -1.97. The van der Waals surface area contributed by atoms with Crippen LogP contribution >= 0.6 is 0 Å². The first-order valence-corrected chi connectivity index (χ1v) is 5.24. The first kappa shape index (κ1) is 14.3. The molecule has 0 bridgehead atoms. The average molecular weight is 216 g/mol. The van der Waals surface area contributed by atoms with Crippen molar-refractivity contribution in [3.63, 3.8) is 0 Å². The van der Waals surface area contributed by atoms with Crippen molar-refractivity contribution in [1.82, 2.24) is 0 Å². The van der Waals surface area contributed by atoms with Gasteiger partial charge in [0.2, 0.25) is 0 Å². The van der Waals surface area contributed by atoms with Crippen LogP contribution in [0.25, 0.3) is 0 Å². The molecular weight excluding hydrogens is 196 g/mol. The summed E-state index contributed by atoms with van der Waals surface area (Å²) in [6, 6.07) is 0. The highest BCUT2D eigenvalue weighted by Crippen LogP contribution is 2.07. The van der Waals surface area contributed by atoms with E-state index in [-0.39, 0.29) is 0 Å². The van der Waals surface area contributed by atoms with Gasteiger partial charge in [-0.25, -0.2) is 0 Å². The molecule has 86 valence electrons. The Balaban J connectivity index is 4.41. The minimum atomic E-state index is 1.24. The lowest BCUT2D eigenvalue weighted by Crippen LogP contribution is -1.77. The van der Waals surface area contributed by atoms with Crippen LogP contribution < -0.4 is 0 Å². The zero-order valence-electron chi connectivity index (χ0n) is 10.5. The highest BCUT2D eigenvalue weighted by molar-refractivity contribution is 5.71. The molecule has 0 N–H and O–H groups in total. The van der Waals surface area contributed by atoms with E-state index in [0.29, 0.717) is 0 Å². The lowest BCUT2D eigenvalue weighted by molar-refractivity contribution is 1.35.